The normalized spacial score (nSPS) is 19.1. The zero-order valence-corrected chi connectivity index (χ0v) is 23.2. The number of benzene rings is 2. The van der Waals surface area contributed by atoms with Crippen LogP contribution in [0.1, 0.15) is 79.1 Å². The summed E-state index contributed by atoms with van der Waals surface area (Å²) in [6.45, 7) is 7.78. The SMILES string of the molecule is CCc1cccc(CC)c1-c1nc(C)c(CN(C)[C@H]2CCCc3ccccc32)c(N2CCC[C@@H]2C(=O)O)n1. The molecule has 6 nitrogen and oxygen atoms in total. The Labute approximate surface area is 226 Å². The van der Waals surface area contributed by atoms with Crippen LogP contribution in [0.4, 0.5) is 5.82 Å². The topological polar surface area (TPSA) is 69.6 Å². The number of aryl methyl sites for hydroxylation is 4. The number of hydrogen-bond acceptors (Lipinski definition) is 5. The van der Waals surface area contributed by atoms with Crippen LogP contribution in [0, 0.1) is 6.92 Å². The van der Waals surface area contributed by atoms with Gasteiger partial charge >= 0.3 is 5.97 Å². The molecule has 0 bridgehead atoms. The fraction of sp³-hybridized carbons (Fsp3) is 0.469. The first-order valence-corrected chi connectivity index (χ1v) is 14.2. The summed E-state index contributed by atoms with van der Waals surface area (Å²) in [5.74, 6) is 0.739. The van der Waals surface area contributed by atoms with Gasteiger partial charge in [-0.05, 0) is 81.2 Å². The van der Waals surface area contributed by atoms with Gasteiger partial charge < -0.3 is 10.0 Å². The number of carboxylic acid groups (broad SMARTS) is 1. The molecule has 3 aromatic rings. The second kappa shape index (κ2) is 11.2. The summed E-state index contributed by atoms with van der Waals surface area (Å²) in [7, 11) is 2.18. The third-order valence-electron chi connectivity index (χ3n) is 8.50. The lowest BCUT2D eigenvalue weighted by atomic mass is 9.87. The van der Waals surface area contributed by atoms with Crippen molar-refractivity contribution >= 4 is 11.8 Å². The molecule has 2 aromatic carbocycles. The smallest absolute Gasteiger partial charge is 0.326 e. The highest BCUT2D eigenvalue weighted by Gasteiger charge is 2.35. The summed E-state index contributed by atoms with van der Waals surface area (Å²) >= 11 is 0. The van der Waals surface area contributed by atoms with Gasteiger partial charge in [0, 0.05) is 36.0 Å². The first-order chi connectivity index (χ1) is 18.4. The molecule has 2 atom stereocenters. The Kier molecular flexibility index (Phi) is 7.80. The van der Waals surface area contributed by atoms with Crippen LogP contribution in [0.5, 0.6) is 0 Å². The van der Waals surface area contributed by atoms with Crippen LogP contribution < -0.4 is 4.90 Å². The fourth-order valence-electron chi connectivity index (χ4n) is 6.47. The van der Waals surface area contributed by atoms with E-state index >= 15 is 0 Å². The van der Waals surface area contributed by atoms with Crippen molar-refractivity contribution in [2.45, 2.75) is 84.3 Å². The molecule has 1 saturated heterocycles. The van der Waals surface area contributed by atoms with Crippen molar-refractivity contribution in [2.75, 3.05) is 18.5 Å². The molecule has 1 fully saturated rings. The number of nitrogens with zero attached hydrogens (tertiary/aromatic N) is 4. The molecule has 0 saturated carbocycles. The van der Waals surface area contributed by atoms with Crippen LogP contribution in [-0.4, -0.2) is 45.6 Å². The van der Waals surface area contributed by atoms with E-state index in [9.17, 15) is 9.90 Å². The zero-order chi connectivity index (χ0) is 26.8. The maximum atomic E-state index is 12.2. The van der Waals surface area contributed by atoms with Gasteiger partial charge in [0.2, 0.25) is 0 Å². The minimum Gasteiger partial charge on any atom is -0.480 e. The third kappa shape index (κ3) is 4.94. The largest absolute Gasteiger partial charge is 0.480 e. The zero-order valence-electron chi connectivity index (χ0n) is 23.2. The number of aromatic nitrogens is 2. The van der Waals surface area contributed by atoms with Crippen molar-refractivity contribution in [1.29, 1.82) is 0 Å². The Bertz CT molecular complexity index is 1300. The molecule has 2 aliphatic rings. The van der Waals surface area contributed by atoms with E-state index in [-0.39, 0.29) is 0 Å². The molecular formula is C32H40N4O2. The minimum absolute atomic E-state index is 0.327. The van der Waals surface area contributed by atoms with Crippen LogP contribution in [0.2, 0.25) is 0 Å². The molecule has 0 amide bonds. The molecule has 38 heavy (non-hydrogen) atoms. The van der Waals surface area contributed by atoms with E-state index in [2.05, 4.69) is 75.2 Å². The van der Waals surface area contributed by atoms with Crippen LogP contribution in [-0.2, 0) is 30.6 Å². The summed E-state index contributed by atoms with van der Waals surface area (Å²) in [4.78, 5) is 27.0. The molecule has 0 unspecified atom stereocenters. The number of hydrogen-bond donors (Lipinski definition) is 1. The highest BCUT2D eigenvalue weighted by atomic mass is 16.4. The molecule has 1 N–H and O–H groups in total. The lowest BCUT2D eigenvalue weighted by molar-refractivity contribution is -0.138. The van der Waals surface area contributed by atoms with Gasteiger partial charge in [0.05, 0.1) is 0 Å². The average molecular weight is 513 g/mol. The Morgan fingerprint density at radius 3 is 2.47 bits per heavy atom. The lowest BCUT2D eigenvalue weighted by Crippen LogP contribution is -2.38. The molecule has 0 spiro atoms. The lowest BCUT2D eigenvalue weighted by Gasteiger charge is -2.35. The maximum absolute atomic E-state index is 12.2. The highest BCUT2D eigenvalue weighted by molar-refractivity contribution is 5.79. The number of carbonyl (C=O) groups is 1. The maximum Gasteiger partial charge on any atom is 0.326 e. The van der Waals surface area contributed by atoms with Crippen molar-refractivity contribution in [3.8, 4) is 11.4 Å². The van der Waals surface area contributed by atoms with E-state index in [0.29, 0.717) is 25.6 Å². The molecule has 1 aliphatic heterocycles. The van der Waals surface area contributed by atoms with Crippen molar-refractivity contribution in [3.63, 3.8) is 0 Å². The van der Waals surface area contributed by atoms with E-state index in [1.54, 1.807) is 0 Å². The number of rotatable bonds is 8. The van der Waals surface area contributed by atoms with Gasteiger partial charge in [-0.3, -0.25) is 4.90 Å². The van der Waals surface area contributed by atoms with Gasteiger partial charge in [-0.25, -0.2) is 14.8 Å². The molecule has 6 heteroatoms. The Hall–Kier alpha value is -3.25. The second-order valence-corrected chi connectivity index (χ2v) is 10.8. The van der Waals surface area contributed by atoms with Crippen molar-refractivity contribution in [3.05, 3.63) is 76.0 Å². The van der Waals surface area contributed by atoms with Gasteiger partial charge in [-0.15, -0.1) is 0 Å². The fourth-order valence-corrected chi connectivity index (χ4v) is 6.47. The summed E-state index contributed by atoms with van der Waals surface area (Å²) in [6, 6.07) is 15.0. The van der Waals surface area contributed by atoms with Crippen molar-refractivity contribution in [1.82, 2.24) is 14.9 Å². The second-order valence-electron chi connectivity index (χ2n) is 10.8. The van der Waals surface area contributed by atoms with Gasteiger partial charge in [0.15, 0.2) is 5.82 Å². The molecular weight excluding hydrogens is 472 g/mol. The number of fused-ring (bicyclic) bond motifs is 1. The monoisotopic (exact) mass is 512 g/mol. The van der Waals surface area contributed by atoms with Crippen LogP contribution >= 0.6 is 0 Å². The Morgan fingerprint density at radius 2 is 1.76 bits per heavy atom. The first-order valence-electron chi connectivity index (χ1n) is 14.2. The van der Waals surface area contributed by atoms with E-state index in [0.717, 1.165) is 60.6 Å². The third-order valence-corrected chi connectivity index (χ3v) is 8.50. The van der Waals surface area contributed by atoms with E-state index in [1.807, 2.05) is 4.90 Å². The van der Waals surface area contributed by atoms with E-state index in [1.165, 1.54) is 28.7 Å². The van der Waals surface area contributed by atoms with Gasteiger partial charge in [0.25, 0.3) is 0 Å². The molecule has 200 valence electrons. The summed E-state index contributed by atoms with van der Waals surface area (Å²) in [5, 5.41) is 10.1. The van der Waals surface area contributed by atoms with Crippen molar-refractivity contribution in [2.24, 2.45) is 0 Å². The first kappa shape index (κ1) is 26.4. The predicted octanol–water partition coefficient (Wildman–Crippen LogP) is 6.14. The highest BCUT2D eigenvalue weighted by Crippen LogP contribution is 2.38. The summed E-state index contributed by atoms with van der Waals surface area (Å²) in [5.41, 5.74) is 8.39. The van der Waals surface area contributed by atoms with Crippen molar-refractivity contribution < 1.29 is 9.90 Å². The van der Waals surface area contributed by atoms with Gasteiger partial charge in [0.1, 0.15) is 11.9 Å². The minimum atomic E-state index is -0.774. The molecule has 1 aromatic heterocycles. The number of carboxylic acids is 1. The summed E-state index contributed by atoms with van der Waals surface area (Å²) in [6.07, 6.45) is 6.71. The molecule has 5 rings (SSSR count). The Morgan fingerprint density at radius 1 is 1.03 bits per heavy atom. The average Bonchev–Trinajstić information content (AvgIpc) is 3.43. The van der Waals surface area contributed by atoms with Gasteiger partial charge in [-0.1, -0.05) is 56.3 Å². The van der Waals surface area contributed by atoms with E-state index < -0.39 is 12.0 Å². The molecule has 0 radical (unpaired) electrons. The van der Waals surface area contributed by atoms with Crippen LogP contribution in [0.15, 0.2) is 42.5 Å². The summed E-state index contributed by atoms with van der Waals surface area (Å²) < 4.78 is 0. The quantitative estimate of drug-likeness (QED) is 0.391. The molecule has 1 aliphatic carbocycles. The molecule has 2 heterocycles. The predicted molar refractivity (Wildman–Crippen MR) is 153 cm³/mol. The Balaban J connectivity index is 1.61. The standard InChI is InChI=1S/C32H40N4O2/c1-5-22-13-9-14-23(6-2)29(22)30-33-21(3)26(31(34-30)36-19-11-18-28(36)32(37)38)20-35(4)27-17-10-15-24-12-7-8-16-25(24)27/h7-9,12-14,16,27-28H,5-6,10-11,15,17-20H2,1-4H3,(H,37,38)/t27-,28+/m0/s1. The van der Waals surface area contributed by atoms with E-state index in [4.69, 9.17) is 9.97 Å². The van der Waals surface area contributed by atoms with Crippen LogP contribution in [0.25, 0.3) is 11.4 Å². The number of anilines is 1. The van der Waals surface area contributed by atoms with Gasteiger partial charge in [-0.2, -0.15) is 0 Å². The van der Waals surface area contributed by atoms with Crippen LogP contribution in [0.3, 0.4) is 0 Å². The number of aliphatic carboxylic acids is 1.